The molecule has 1 heterocycles. The molecule has 3 rings (SSSR count). The Morgan fingerprint density at radius 1 is 1.10 bits per heavy atom. The summed E-state index contributed by atoms with van der Waals surface area (Å²) in [7, 11) is 1.51. The molecule has 2 aromatic rings. The quantitative estimate of drug-likeness (QED) is 0.731. The highest BCUT2D eigenvalue weighted by atomic mass is 16.5. The lowest BCUT2D eigenvalue weighted by molar-refractivity contribution is -0.132. The highest BCUT2D eigenvalue weighted by Gasteiger charge is 2.50. The number of hydrogen-bond acceptors (Lipinski definition) is 5. The summed E-state index contributed by atoms with van der Waals surface area (Å²) in [6.45, 7) is 5.38. The van der Waals surface area contributed by atoms with Crippen molar-refractivity contribution < 1.29 is 23.9 Å². The molecule has 8 heteroatoms. The number of imide groups is 1. The van der Waals surface area contributed by atoms with Crippen molar-refractivity contribution in [1.82, 2.24) is 15.8 Å². The molecular weight excluding hydrogens is 374 g/mol. The van der Waals surface area contributed by atoms with Gasteiger partial charge >= 0.3 is 6.03 Å². The predicted octanol–water partition coefficient (Wildman–Crippen LogP) is 2.59. The Morgan fingerprint density at radius 3 is 2.41 bits per heavy atom. The maximum atomic E-state index is 12.9. The van der Waals surface area contributed by atoms with Crippen LogP contribution in [-0.2, 0) is 10.3 Å². The van der Waals surface area contributed by atoms with Crippen molar-refractivity contribution in [2.24, 2.45) is 0 Å². The third-order valence-electron chi connectivity index (χ3n) is 4.54. The lowest BCUT2D eigenvalue weighted by Crippen LogP contribution is -2.47. The first kappa shape index (κ1) is 20.2. The van der Waals surface area contributed by atoms with E-state index in [0.29, 0.717) is 22.1 Å². The van der Waals surface area contributed by atoms with E-state index < -0.39 is 23.4 Å². The molecule has 152 valence electrons. The van der Waals surface area contributed by atoms with Crippen LogP contribution in [0.4, 0.5) is 4.79 Å². The second-order valence-electron chi connectivity index (χ2n) is 7.06. The summed E-state index contributed by atoms with van der Waals surface area (Å²) < 4.78 is 10.7. The fourth-order valence-electron chi connectivity index (χ4n) is 2.99. The Hall–Kier alpha value is -3.55. The van der Waals surface area contributed by atoms with E-state index in [2.05, 4.69) is 10.7 Å². The van der Waals surface area contributed by atoms with Crippen LogP contribution in [0, 0.1) is 0 Å². The van der Waals surface area contributed by atoms with Crippen LogP contribution in [0.5, 0.6) is 11.5 Å². The van der Waals surface area contributed by atoms with Crippen molar-refractivity contribution in [2.75, 3.05) is 7.11 Å². The van der Waals surface area contributed by atoms with E-state index in [4.69, 9.17) is 9.47 Å². The number of rotatable bonds is 6. The summed E-state index contributed by atoms with van der Waals surface area (Å²) in [4.78, 5) is 37.9. The minimum absolute atomic E-state index is 0.00915. The molecule has 2 N–H and O–H groups in total. The normalized spacial score (nSPS) is 18.6. The van der Waals surface area contributed by atoms with Crippen LogP contribution in [-0.4, -0.2) is 36.1 Å². The third kappa shape index (κ3) is 4.01. The van der Waals surface area contributed by atoms with Gasteiger partial charge in [-0.25, -0.2) is 4.79 Å². The van der Waals surface area contributed by atoms with Gasteiger partial charge in [0.2, 0.25) is 0 Å². The number of nitrogens with one attached hydrogen (secondary N) is 2. The predicted molar refractivity (Wildman–Crippen MR) is 105 cm³/mol. The van der Waals surface area contributed by atoms with E-state index in [9.17, 15) is 14.4 Å². The Labute approximate surface area is 168 Å². The van der Waals surface area contributed by atoms with Crippen LogP contribution >= 0.6 is 0 Å². The van der Waals surface area contributed by atoms with Gasteiger partial charge < -0.3 is 14.8 Å². The number of nitrogens with zero attached hydrogens (tertiary/aromatic N) is 1. The fourth-order valence-corrected chi connectivity index (χ4v) is 2.99. The first-order valence-electron chi connectivity index (χ1n) is 9.13. The first-order chi connectivity index (χ1) is 13.7. The van der Waals surface area contributed by atoms with Gasteiger partial charge in [0.05, 0.1) is 13.2 Å². The van der Waals surface area contributed by atoms with Crippen LogP contribution < -0.4 is 20.2 Å². The highest BCUT2D eigenvalue weighted by Crippen LogP contribution is 2.30. The highest BCUT2D eigenvalue weighted by molar-refractivity contribution is 6.09. The Balaban J connectivity index is 1.76. The zero-order valence-corrected chi connectivity index (χ0v) is 16.7. The maximum absolute atomic E-state index is 12.9. The third-order valence-corrected chi connectivity index (χ3v) is 4.54. The smallest absolute Gasteiger partial charge is 0.344 e. The maximum Gasteiger partial charge on any atom is 0.344 e. The molecule has 0 aromatic heterocycles. The van der Waals surface area contributed by atoms with Crippen molar-refractivity contribution in [2.45, 2.75) is 32.4 Å². The zero-order valence-electron chi connectivity index (χ0n) is 16.7. The van der Waals surface area contributed by atoms with E-state index in [0.717, 1.165) is 0 Å². The van der Waals surface area contributed by atoms with Gasteiger partial charge in [-0.2, -0.15) is 5.01 Å². The molecule has 1 atom stereocenters. The Morgan fingerprint density at radius 2 is 1.79 bits per heavy atom. The molecule has 0 aliphatic carbocycles. The van der Waals surface area contributed by atoms with Crippen LogP contribution in [0.25, 0.3) is 0 Å². The molecule has 1 saturated heterocycles. The summed E-state index contributed by atoms with van der Waals surface area (Å²) in [5.41, 5.74) is 1.88. The lowest BCUT2D eigenvalue weighted by Gasteiger charge is -2.22. The monoisotopic (exact) mass is 397 g/mol. The van der Waals surface area contributed by atoms with Gasteiger partial charge in [-0.15, -0.1) is 0 Å². The molecule has 1 fully saturated rings. The number of carbonyl (C=O) groups is 3. The van der Waals surface area contributed by atoms with Gasteiger partial charge in [-0.3, -0.25) is 15.0 Å². The van der Waals surface area contributed by atoms with E-state index in [1.807, 2.05) is 13.8 Å². The van der Waals surface area contributed by atoms with Crippen molar-refractivity contribution in [3.63, 3.8) is 0 Å². The molecule has 29 heavy (non-hydrogen) atoms. The van der Waals surface area contributed by atoms with Gasteiger partial charge in [0, 0.05) is 5.56 Å². The summed E-state index contributed by atoms with van der Waals surface area (Å²) in [6.07, 6.45) is 0.00915. The lowest BCUT2D eigenvalue weighted by atomic mass is 9.92. The van der Waals surface area contributed by atoms with Crippen LogP contribution in [0.3, 0.4) is 0 Å². The molecule has 1 aliphatic heterocycles. The number of ether oxygens (including phenoxy) is 2. The number of benzene rings is 2. The van der Waals surface area contributed by atoms with E-state index in [1.165, 1.54) is 7.11 Å². The van der Waals surface area contributed by atoms with Crippen molar-refractivity contribution in [3.8, 4) is 11.5 Å². The van der Waals surface area contributed by atoms with Crippen LogP contribution in [0.15, 0.2) is 48.5 Å². The van der Waals surface area contributed by atoms with E-state index in [1.54, 1.807) is 55.5 Å². The molecule has 4 amide bonds. The molecule has 8 nitrogen and oxygen atoms in total. The number of urea groups is 1. The Bertz CT molecular complexity index is 942. The van der Waals surface area contributed by atoms with Gasteiger partial charge in [0.25, 0.3) is 11.8 Å². The van der Waals surface area contributed by atoms with Crippen molar-refractivity contribution >= 4 is 17.8 Å². The largest absolute Gasteiger partial charge is 0.497 e. The number of hydrogen-bond donors (Lipinski definition) is 2. The molecule has 0 saturated carbocycles. The first-order valence-corrected chi connectivity index (χ1v) is 9.13. The number of methoxy groups -OCH3 is 1. The standard InChI is InChI=1S/C21H23N3O5/c1-13(2)29-16-10-8-14(9-11-16)18(25)23-24-19(26)21(3,22-20(24)27)15-6-5-7-17(12-15)28-4/h5-13H,1-4H3,(H,22,27)(H,23,25)/t21-/m1/s1. The summed E-state index contributed by atoms with van der Waals surface area (Å²) in [6, 6.07) is 12.5. The van der Waals surface area contributed by atoms with Crippen molar-refractivity contribution in [3.05, 3.63) is 59.7 Å². The topological polar surface area (TPSA) is 97.0 Å². The summed E-state index contributed by atoms with van der Waals surface area (Å²) >= 11 is 0. The second kappa shape index (κ2) is 7.83. The van der Waals surface area contributed by atoms with Crippen molar-refractivity contribution in [1.29, 1.82) is 0 Å². The van der Waals surface area contributed by atoms with E-state index >= 15 is 0 Å². The SMILES string of the molecule is COc1cccc([C@@]2(C)NC(=O)N(NC(=O)c3ccc(OC(C)C)cc3)C2=O)c1. The van der Waals surface area contributed by atoms with Gasteiger partial charge in [0.1, 0.15) is 17.0 Å². The van der Waals surface area contributed by atoms with Gasteiger partial charge in [0.15, 0.2) is 0 Å². The van der Waals surface area contributed by atoms with Gasteiger partial charge in [-0.1, -0.05) is 12.1 Å². The minimum atomic E-state index is -1.33. The zero-order chi connectivity index (χ0) is 21.2. The Kier molecular flexibility index (Phi) is 5.45. The van der Waals surface area contributed by atoms with Crippen LogP contribution in [0.1, 0.15) is 36.7 Å². The number of hydrazine groups is 1. The molecule has 0 bridgehead atoms. The fraction of sp³-hybridized carbons (Fsp3) is 0.286. The molecule has 0 spiro atoms. The van der Waals surface area contributed by atoms with E-state index in [-0.39, 0.29) is 11.7 Å². The second-order valence-corrected chi connectivity index (χ2v) is 7.06. The molecule has 0 unspecified atom stereocenters. The molecular formula is C21H23N3O5. The average molecular weight is 397 g/mol. The molecule has 2 aromatic carbocycles. The summed E-state index contributed by atoms with van der Waals surface area (Å²) in [5.74, 6) is -0.00235. The van der Waals surface area contributed by atoms with Crippen LogP contribution in [0.2, 0.25) is 0 Å². The molecule has 1 aliphatic rings. The molecule has 0 radical (unpaired) electrons. The minimum Gasteiger partial charge on any atom is -0.497 e. The van der Waals surface area contributed by atoms with Gasteiger partial charge in [-0.05, 0) is 62.7 Å². The number of amides is 4. The average Bonchev–Trinajstić information content (AvgIpc) is 2.92. The summed E-state index contributed by atoms with van der Waals surface area (Å²) in [5, 5.41) is 3.33. The number of carbonyl (C=O) groups excluding carboxylic acids is 3.